The van der Waals surface area contributed by atoms with Crippen molar-refractivity contribution in [2.24, 2.45) is 5.92 Å². The zero-order valence-corrected chi connectivity index (χ0v) is 11.1. The van der Waals surface area contributed by atoms with Gasteiger partial charge in [0.2, 0.25) is 0 Å². The van der Waals surface area contributed by atoms with Crippen molar-refractivity contribution in [3.63, 3.8) is 0 Å². The average Bonchev–Trinajstić information content (AvgIpc) is 2.25. The van der Waals surface area contributed by atoms with E-state index in [1.54, 1.807) is 12.1 Å². The van der Waals surface area contributed by atoms with E-state index in [9.17, 15) is 4.79 Å². The molecule has 5 heteroatoms. The minimum atomic E-state index is -0.123. The Bertz CT molecular complexity index is 393. The summed E-state index contributed by atoms with van der Waals surface area (Å²) in [5.41, 5.74) is 0.529. The molecule has 1 rings (SSSR count). The Kier molecular flexibility index (Phi) is 5.22. The van der Waals surface area contributed by atoms with Gasteiger partial charge in [0.15, 0.2) is 0 Å². The lowest BCUT2D eigenvalue weighted by Gasteiger charge is -2.09. The summed E-state index contributed by atoms with van der Waals surface area (Å²) < 4.78 is 0. The molecule has 1 amide bonds. The molecule has 2 N–H and O–H groups in total. The van der Waals surface area contributed by atoms with E-state index in [1.807, 2.05) is 20.8 Å². The number of pyridine rings is 1. The first-order chi connectivity index (χ1) is 8.02. The molecule has 0 aromatic carbocycles. The number of carbonyl (C=O) groups excluding carboxylic acids is 1. The quantitative estimate of drug-likeness (QED) is 0.795. The highest BCUT2D eigenvalue weighted by molar-refractivity contribution is 6.29. The first-order valence-electron chi connectivity index (χ1n) is 5.72. The average molecular weight is 256 g/mol. The topological polar surface area (TPSA) is 54.0 Å². The lowest BCUT2D eigenvalue weighted by atomic mass is 10.2. The Labute approximate surface area is 107 Å². The van der Waals surface area contributed by atoms with E-state index < -0.39 is 0 Å². The Hall–Kier alpha value is -1.29. The van der Waals surface area contributed by atoms with Crippen LogP contribution in [0.5, 0.6) is 0 Å². The van der Waals surface area contributed by atoms with Crippen LogP contribution in [0.1, 0.15) is 31.1 Å². The van der Waals surface area contributed by atoms with Crippen LogP contribution in [-0.4, -0.2) is 24.0 Å². The van der Waals surface area contributed by atoms with Gasteiger partial charge < -0.3 is 10.6 Å². The van der Waals surface area contributed by atoms with Gasteiger partial charge in [0.25, 0.3) is 5.91 Å². The van der Waals surface area contributed by atoms with Crippen LogP contribution in [0.2, 0.25) is 5.15 Å². The molecule has 0 aliphatic carbocycles. The van der Waals surface area contributed by atoms with Crippen LogP contribution >= 0.6 is 11.6 Å². The van der Waals surface area contributed by atoms with Crippen LogP contribution in [0.4, 0.5) is 5.82 Å². The van der Waals surface area contributed by atoms with E-state index >= 15 is 0 Å². The summed E-state index contributed by atoms with van der Waals surface area (Å²) in [5, 5.41) is 6.19. The fraction of sp³-hybridized carbons (Fsp3) is 0.500. The molecule has 1 aromatic rings. The Morgan fingerprint density at radius 2 is 2.18 bits per heavy atom. The van der Waals surface area contributed by atoms with Gasteiger partial charge in [-0.1, -0.05) is 25.4 Å². The molecule has 0 bridgehead atoms. The minimum Gasteiger partial charge on any atom is -0.370 e. The Morgan fingerprint density at radius 1 is 1.47 bits per heavy atom. The number of hydrogen-bond donors (Lipinski definition) is 2. The molecular weight excluding hydrogens is 238 g/mol. The molecule has 0 aliphatic rings. The van der Waals surface area contributed by atoms with Crippen LogP contribution in [0.15, 0.2) is 12.1 Å². The van der Waals surface area contributed by atoms with Crippen LogP contribution < -0.4 is 10.6 Å². The Balaban J connectivity index is 2.78. The molecule has 0 saturated heterocycles. The molecule has 1 aromatic heterocycles. The van der Waals surface area contributed by atoms with Crippen molar-refractivity contribution in [2.45, 2.75) is 20.8 Å². The third-order valence-electron chi connectivity index (χ3n) is 2.09. The summed E-state index contributed by atoms with van der Waals surface area (Å²) in [6.45, 7) is 7.44. The number of halogens is 1. The normalized spacial score (nSPS) is 10.4. The van der Waals surface area contributed by atoms with Crippen LogP contribution in [-0.2, 0) is 0 Å². The van der Waals surface area contributed by atoms with E-state index in [4.69, 9.17) is 11.6 Å². The maximum atomic E-state index is 11.8. The number of amides is 1. The largest absolute Gasteiger partial charge is 0.370 e. The number of aromatic nitrogens is 1. The fourth-order valence-electron chi connectivity index (χ4n) is 1.30. The van der Waals surface area contributed by atoms with Gasteiger partial charge in [0, 0.05) is 18.7 Å². The molecule has 0 unspecified atom stereocenters. The van der Waals surface area contributed by atoms with Crippen molar-refractivity contribution in [1.29, 1.82) is 0 Å². The SMILES string of the molecule is CCNc1cc(C(=O)NCC(C)C)cc(Cl)n1. The first kappa shape index (κ1) is 13.8. The van der Waals surface area contributed by atoms with Crippen molar-refractivity contribution >= 4 is 23.3 Å². The molecule has 0 fully saturated rings. The highest BCUT2D eigenvalue weighted by Crippen LogP contribution is 2.14. The summed E-state index contributed by atoms with van der Waals surface area (Å²) in [4.78, 5) is 15.9. The van der Waals surface area contributed by atoms with Crippen LogP contribution in [0.25, 0.3) is 0 Å². The number of carbonyl (C=O) groups is 1. The number of nitrogens with one attached hydrogen (secondary N) is 2. The van der Waals surface area contributed by atoms with E-state index in [0.29, 0.717) is 29.0 Å². The van der Waals surface area contributed by atoms with Gasteiger partial charge in [-0.15, -0.1) is 0 Å². The lowest BCUT2D eigenvalue weighted by Crippen LogP contribution is -2.27. The molecule has 0 atom stereocenters. The van der Waals surface area contributed by atoms with E-state index in [0.717, 1.165) is 6.54 Å². The molecule has 94 valence electrons. The zero-order chi connectivity index (χ0) is 12.8. The van der Waals surface area contributed by atoms with Gasteiger partial charge in [-0.25, -0.2) is 4.98 Å². The van der Waals surface area contributed by atoms with E-state index in [-0.39, 0.29) is 5.91 Å². The second kappa shape index (κ2) is 6.45. The predicted molar refractivity (Wildman–Crippen MR) is 70.6 cm³/mol. The Morgan fingerprint density at radius 3 is 2.76 bits per heavy atom. The molecular formula is C12H18ClN3O. The third-order valence-corrected chi connectivity index (χ3v) is 2.28. The molecule has 4 nitrogen and oxygen atoms in total. The standard InChI is InChI=1S/C12H18ClN3O/c1-4-14-11-6-9(5-10(13)16-11)12(17)15-7-8(2)3/h5-6,8H,4,7H2,1-3H3,(H,14,16)(H,15,17). The fourth-order valence-corrected chi connectivity index (χ4v) is 1.51. The maximum absolute atomic E-state index is 11.8. The van der Waals surface area contributed by atoms with Gasteiger partial charge in [0.05, 0.1) is 0 Å². The van der Waals surface area contributed by atoms with E-state index in [2.05, 4.69) is 15.6 Å². The molecule has 0 saturated carbocycles. The molecule has 17 heavy (non-hydrogen) atoms. The molecule has 0 radical (unpaired) electrons. The van der Waals surface area contributed by atoms with Gasteiger partial charge >= 0.3 is 0 Å². The van der Waals surface area contributed by atoms with Gasteiger partial charge in [-0.05, 0) is 25.0 Å². The molecule has 0 aliphatic heterocycles. The first-order valence-corrected chi connectivity index (χ1v) is 6.10. The summed E-state index contributed by atoms with van der Waals surface area (Å²) >= 11 is 5.86. The number of nitrogens with zero attached hydrogens (tertiary/aromatic N) is 1. The van der Waals surface area contributed by atoms with E-state index in [1.165, 1.54) is 0 Å². The summed E-state index contributed by atoms with van der Waals surface area (Å²) in [6, 6.07) is 3.27. The summed E-state index contributed by atoms with van der Waals surface area (Å²) in [7, 11) is 0. The van der Waals surface area contributed by atoms with Gasteiger partial charge in [-0.3, -0.25) is 4.79 Å². The second-order valence-electron chi connectivity index (χ2n) is 4.20. The van der Waals surface area contributed by atoms with Crippen molar-refractivity contribution < 1.29 is 4.79 Å². The van der Waals surface area contributed by atoms with Gasteiger partial charge in [-0.2, -0.15) is 0 Å². The smallest absolute Gasteiger partial charge is 0.251 e. The van der Waals surface area contributed by atoms with Crippen molar-refractivity contribution in [2.75, 3.05) is 18.4 Å². The molecule has 0 spiro atoms. The monoisotopic (exact) mass is 255 g/mol. The predicted octanol–water partition coefficient (Wildman–Crippen LogP) is 2.55. The van der Waals surface area contributed by atoms with Crippen molar-refractivity contribution in [3.05, 3.63) is 22.8 Å². The van der Waals surface area contributed by atoms with Crippen LogP contribution in [0.3, 0.4) is 0 Å². The lowest BCUT2D eigenvalue weighted by molar-refractivity contribution is 0.0949. The molecule has 1 heterocycles. The minimum absolute atomic E-state index is 0.123. The second-order valence-corrected chi connectivity index (χ2v) is 4.59. The highest BCUT2D eigenvalue weighted by Gasteiger charge is 2.09. The zero-order valence-electron chi connectivity index (χ0n) is 10.4. The number of anilines is 1. The van der Waals surface area contributed by atoms with Crippen molar-refractivity contribution in [1.82, 2.24) is 10.3 Å². The van der Waals surface area contributed by atoms with Gasteiger partial charge in [0.1, 0.15) is 11.0 Å². The number of hydrogen-bond acceptors (Lipinski definition) is 3. The third kappa shape index (κ3) is 4.61. The van der Waals surface area contributed by atoms with Crippen LogP contribution in [0, 0.1) is 5.92 Å². The number of rotatable bonds is 5. The summed E-state index contributed by atoms with van der Waals surface area (Å²) in [5.74, 6) is 0.918. The summed E-state index contributed by atoms with van der Waals surface area (Å²) in [6.07, 6.45) is 0. The highest BCUT2D eigenvalue weighted by atomic mass is 35.5. The maximum Gasteiger partial charge on any atom is 0.251 e. The van der Waals surface area contributed by atoms with Crippen molar-refractivity contribution in [3.8, 4) is 0 Å².